The molecule has 2 rings (SSSR count). The van der Waals surface area contributed by atoms with E-state index >= 15 is 0 Å². The Morgan fingerprint density at radius 2 is 2.32 bits per heavy atom. The van der Waals surface area contributed by atoms with Crippen LogP contribution in [0.2, 0.25) is 0 Å². The molecule has 0 bridgehead atoms. The smallest absolute Gasteiger partial charge is 0.303 e. The monoisotopic (exact) mass is 280 g/mol. The van der Waals surface area contributed by atoms with Crippen LogP contribution >= 0.6 is 11.8 Å². The highest BCUT2D eigenvalue weighted by Crippen LogP contribution is 2.23. The van der Waals surface area contributed by atoms with Crippen LogP contribution in [0.5, 0.6) is 5.75 Å². The molecule has 0 fully saturated rings. The molecule has 2 aromatic rings. The highest BCUT2D eigenvalue weighted by atomic mass is 32.2. The molecule has 0 aliphatic heterocycles. The van der Waals surface area contributed by atoms with Gasteiger partial charge in [0.2, 0.25) is 0 Å². The molecule has 0 aliphatic rings. The summed E-state index contributed by atoms with van der Waals surface area (Å²) in [6.45, 7) is 0. The number of thioether (sulfide) groups is 1. The van der Waals surface area contributed by atoms with Gasteiger partial charge in [-0.3, -0.25) is 4.79 Å². The first-order valence-corrected chi connectivity index (χ1v) is 7.06. The fourth-order valence-electron chi connectivity index (χ4n) is 1.71. The molecule has 0 amide bonds. The fraction of sp³-hybridized carbons (Fsp3) is 0.385. The highest BCUT2D eigenvalue weighted by Gasteiger charge is 2.04. The van der Waals surface area contributed by atoms with E-state index in [9.17, 15) is 4.79 Å². The highest BCUT2D eigenvalue weighted by molar-refractivity contribution is 7.99. The van der Waals surface area contributed by atoms with Crippen molar-refractivity contribution in [2.24, 2.45) is 0 Å². The van der Waals surface area contributed by atoms with Crippen molar-refractivity contribution >= 4 is 28.8 Å². The maximum Gasteiger partial charge on any atom is 0.303 e. The number of benzene rings is 1. The van der Waals surface area contributed by atoms with E-state index in [4.69, 9.17) is 9.84 Å². The van der Waals surface area contributed by atoms with E-state index in [0.29, 0.717) is 6.42 Å². The molecular weight excluding hydrogens is 264 g/mol. The molecule has 0 radical (unpaired) electrons. The number of nitrogens with one attached hydrogen (secondary N) is 1. The maximum atomic E-state index is 10.4. The minimum atomic E-state index is -0.735. The number of fused-ring (bicyclic) bond motifs is 1. The Labute approximate surface area is 115 Å². The standard InChI is InChI=1S/C13H16N2O3S/c1-18-9-5-6-10-11(8-9)15-13(14-10)19-7-3-2-4-12(16)17/h5-6,8H,2-4,7H2,1H3,(H,14,15)(H,16,17). The van der Waals surface area contributed by atoms with E-state index in [0.717, 1.165) is 34.1 Å². The van der Waals surface area contributed by atoms with Crippen molar-refractivity contribution in [2.75, 3.05) is 12.9 Å². The molecule has 2 N–H and O–H groups in total. The second-order valence-electron chi connectivity index (χ2n) is 4.12. The lowest BCUT2D eigenvalue weighted by Crippen LogP contribution is -1.94. The van der Waals surface area contributed by atoms with Crippen molar-refractivity contribution < 1.29 is 14.6 Å². The van der Waals surface area contributed by atoms with Crippen molar-refractivity contribution in [1.82, 2.24) is 9.97 Å². The Hall–Kier alpha value is -1.69. The first-order chi connectivity index (χ1) is 9.19. The number of ether oxygens (including phenoxy) is 1. The molecular formula is C13H16N2O3S. The van der Waals surface area contributed by atoms with Gasteiger partial charge in [0.05, 0.1) is 18.1 Å². The first-order valence-electron chi connectivity index (χ1n) is 6.07. The van der Waals surface area contributed by atoms with Crippen molar-refractivity contribution in [1.29, 1.82) is 0 Å². The van der Waals surface area contributed by atoms with Crippen LogP contribution < -0.4 is 4.74 Å². The quantitative estimate of drug-likeness (QED) is 0.602. The third kappa shape index (κ3) is 3.89. The van der Waals surface area contributed by atoms with E-state index in [1.807, 2.05) is 18.2 Å². The van der Waals surface area contributed by atoms with E-state index in [1.54, 1.807) is 18.9 Å². The number of carboxylic acids is 1. The zero-order valence-corrected chi connectivity index (χ0v) is 11.5. The number of hydrogen-bond acceptors (Lipinski definition) is 4. The summed E-state index contributed by atoms with van der Waals surface area (Å²) >= 11 is 1.61. The van der Waals surface area contributed by atoms with Crippen LogP contribution in [0.25, 0.3) is 11.0 Å². The molecule has 0 saturated heterocycles. The van der Waals surface area contributed by atoms with E-state index in [-0.39, 0.29) is 6.42 Å². The molecule has 102 valence electrons. The van der Waals surface area contributed by atoms with Crippen LogP contribution in [0.15, 0.2) is 23.4 Å². The van der Waals surface area contributed by atoms with Gasteiger partial charge in [-0.25, -0.2) is 4.98 Å². The first kappa shape index (κ1) is 13.7. The van der Waals surface area contributed by atoms with Gasteiger partial charge in [-0.2, -0.15) is 0 Å². The molecule has 1 aromatic carbocycles. The number of aromatic amines is 1. The number of unbranched alkanes of at least 4 members (excludes halogenated alkanes) is 1. The number of nitrogens with zero attached hydrogens (tertiary/aromatic N) is 1. The van der Waals surface area contributed by atoms with Crippen LogP contribution in [-0.4, -0.2) is 33.9 Å². The maximum absolute atomic E-state index is 10.4. The van der Waals surface area contributed by atoms with E-state index < -0.39 is 5.97 Å². The Balaban J connectivity index is 1.89. The molecule has 6 heteroatoms. The second-order valence-corrected chi connectivity index (χ2v) is 5.21. The minimum absolute atomic E-state index is 0.234. The number of imidazole rings is 1. The van der Waals surface area contributed by atoms with Crippen LogP contribution in [-0.2, 0) is 4.79 Å². The Bertz CT molecular complexity index is 568. The Morgan fingerprint density at radius 3 is 3.05 bits per heavy atom. The average molecular weight is 280 g/mol. The number of aliphatic carboxylic acids is 1. The lowest BCUT2D eigenvalue weighted by Gasteiger charge is -1.97. The molecule has 0 atom stereocenters. The van der Waals surface area contributed by atoms with Gasteiger partial charge in [-0.1, -0.05) is 11.8 Å². The summed E-state index contributed by atoms with van der Waals surface area (Å²) in [5.74, 6) is 0.930. The summed E-state index contributed by atoms with van der Waals surface area (Å²) in [4.78, 5) is 18.1. The number of carboxylic acid groups (broad SMARTS) is 1. The van der Waals surface area contributed by atoms with Gasteiger partial charge in [0.25, 0.3) is 0 Å². The van der Waals surface area contributed by atoms with Gasteiger partial charge in [0, 0.05) is 18.2 Å². The summed E-state index contributed by atoms with van der Waals surface area (Å²) in [5.41, 5.74) is 1.86. The summed E-state index contributed by atoms with van der Waals surface area (Å²) in [6, 6.07) is 5.71. The normalized spacial score (nSPS) is 10.8. The predicted molar refractivity (Wildman–Crippen MR) is 74.9 cm³/mol. The molecule has 1 aromatic heterocycles. The number of rotatable bonds is 7. The van der Waals surface area contributed by atoms with Crippen molar-refractivity contribution in [3.63, 3.8) is 0 Å². The molecule has 0 aliphatic carbocycles. The lowest BCUT2D eigenvalue weighted by molar-refractivity contribution is -0.137. The van der Waals surface area contributed by atoms with Crippen molar-refractivity contribution in [3.8, 4) is 5.75 Å². The summed E-state index contributed by atoms with van der Waals surface area (Å²) in [6.07, 6.45) is 1.81. The number of hydrogen-bond donors (Lipinski definition) is 2. The number of carbonyl (C=O) groups is 1. The van der Waals surface area contributed by atoms with Gasteiger partial charge in [-0.05, 0) is 25.0 Å². The third-order valence-corrected chi connectivity index (χ3v) is 3.65. The van der Waals surface area contributed by atoms with E-state index in [2.05, 4.69) is 9.97 Å². The third-order valence-electron chi connectivity index (χ3n) is 2.69. The van der Waals surface area contributed by atoms with Crippen LogP contribution in [0.1, 0.15) is 19.3 Å². The lowest BCUT2D eigenvalue weighted by atomic mass is 10.3. The molecule has 5 nitrogen and oxygen atoms in total. The average Bonchev–Trinajstić information content (AvgIpc) is 2.79. The summed E-state index contributed by atoms with van der Waals surface area (Å²) < 4.78 is 5.16. The van der Waals surface area contributed by atoms with Crippen LogP contribution in [0, 0.1) is 0 Å². The molecule has 1 heterocycles. The zero-order chi connectivity index (χ0) is 13.7. The number of methoxy groups -OCH3 is 1. The molecule has 0 saturated carbocycles. The summed E-state index contributed by atoms with van der Waals surface area (Å²) in [5, 5.41) is 9.40. The SMILES string of the molecule is COc1ccc2nc(SCCCCC(=O)O)[nH]c2c1. The molecule has 0 spiro atoms. The topological polar surface area (TPSA) is 75.2 Å². The van der Waals surface area contributed by atoms with Gasteiger partial charge in [0.15, 0.2) is 5.16 Å². The van der Waals surface area contributed by atoms with Gasteiger partial charge >= 0.3 is 5.97 Å². The molecule has 19 heavy (non-hydrogen) atoms. The Morgan fingerprint density at radius 1 is 1.47 bits per heavy atom. The zero-order valence-electron chi connectivity index (χ0n) is 10.7. The van der Waals surface area contributed by atoms with Crippen LogP contribution in [0.3, 0.4) is 0 Å². The molecule has 0 unspecified atom stereocenters. The number of aromatic nitrogens is 2. The van der Waals surface area contributed by atoms with Gasteiger partial charge < -0.3 is 14.8 Å². The summed E-state index contributed by atoms with van der Waals surface area (Å²) in [7, 11) is 1.63. The Kier molecular flexibility index (Phi) is 4.68. The van der Waals surface area contributed by atoms with Crippen LogP contribution in [0.4, 0.5) is 0 Å². The van der Waals surface area contributed by atoms with Gasteiger partial charge in [-0.15, -0.1) is 0 Å². The van der Waals surface area contributed by atoms with Gasteiger partial charge in [0.1, 0.15) is 5.75 Å². The minimum Gasteiger partial charge on any atom is -0.497 e. The largest absolute Gasteiger partial charge is 0.497 e. The second kappa shape index (κ2) is 6.47. The van der Waals surface area contributed by atoms with E-state index in [1.165, 1.54) is 0 Å². The van der Waals surface area contributed by atoms with Crippen molar-refractivity contribution in [2.45, 2.75) is 24.4 Å². The predicted octanol–water partition coefficient (Wildman–Crippen LogP) is 2.92. The number of H-pyrrole nitrogens is 1. The fourth-order valence-corrected chi connectivity index (χ4v) is 2.59. The van der Waals surface area contributed by atoms with Crippen molar-refractivity contribution in [3.05, 3.63) is 18.2 Å².